The van der Waals surface area contributed by atoms with Crippen LogP contribution in [-0.4, -0.2) is 42.5 Å². The van der Waals surface area contributed by atoms with Gasteiger partial charge in [0.05, 0.1) is 23.6 Å². The number of likely N-dealkylation sites (tertiary alicyclic amines) is 1. The van der Waals surface area contributed by atoms with Crippen molar-refractivity contribution in [2.75, 3.05) is 6.54 Å². The van der Waals surface area contributed by atoms with E-state index in [0.717, 1.165) is 24.0 Å². The van der Waals surface area contributed by atoms with Crippen LogP contribution in [0.25, 0.3) is 17.1 Å². The zero-order chi connectivity index (χ0) is 22.4. The third-order valence-corrected chi connectivity index (χ3v) is 6.48. The minimum atomic E-state index is -0.245. The van der Waals surface area contributed by atoms with Gasteiger partial charge in [-0.2, -0.15) is 20.0 Å². The highest BCUT2D eigenvalue weighted by atomic mass is 16.5. The Bertz CT molecular complexity index is 1310. The second-order valence-corrected chi connectivity index (χ2v) is 8.81. The summed E-state index contributed by atoms with van der Waals surface area (Å²) < 4.78 is 5.72. The van der Waals surface area contributed by atoms with Crippen molar-refractivity contribution in [3.8, 4) is 17.1 Å². The Kier molecular flexibility index (Phi) is 4.78. The van der Waals surface area contributed by atoms with Crippen molar-refractivity contribution < 1.29 is 9.32 Å². The topological polar surface area (TPSA) is 89.9 Å². The monoisotopic (exact) mass is 440 g/mol. The van der Waals surface area contributed by atoms with Crippen molar-refractivity contribution >= 4 is 5.91 Å². The molecule has 166 valence electrons. The highest BCUT2D eigenvalue weighted by molar-refractivity contribution is 5.98. The largest absolute Gasteiger partial charge is 0.337 e. The van der Waals surface area contributed by atoms with Gasteiger partial charge in [0.2, 0.25) is 11.7 Å². The van der Waals surface area contributed by atoms with Crippen LogP contribution in [0, 0.1) is 6.92 Å². The number of carbonyl (C=O) groups is 1. The quantitative estimate of drug-likeness (QED) is 0.454. The van der Waals surface area contributed by atoms with Gasteiger partial charge in [-0.1, -0.05) is 41.1 Å². The first-order valence-corrected chi connectivity index (χ1v) is 11.4. The Hall–Kier alpha value is -3.81. The molecule has 1 saturated carbocycles. The van der Waals surface area contributed by atoms with Crippen LogP contribution < -0.4 is 0 Å². The molecular formula is C25H24N6O2. The van der Waals surface area contributed by atoms with Crippen LogP contribution in [0.2, 0.25) is 0 Å². The molecule has 8 heteroatoms. The molecule has 0 N–H and O–H groups in total. The van der Waals surface area contributed by atoms with Crippen LogP contribution in [0.4, 0.5) is 0 Å². The molecule has 1 unspecified atom stereocenters. The lowest BCUT2D eigenvalue weighted by molar-refractivity contribution is 0.0709. The molecule has 2 aromatic carbocycles. The Labute approximate surface area is 191 Å². The summed E-state index contributed by atoms with van der Waals surface area (Å²) in [5, 5.41) is 12.7. The van der Waals surface area contributed by atoms with Gasteiger partial charge < -0.3 is 9.42 Å². The fraction of sp³-hybridized carbons (Fsp3) is 0.320. The molecule has 6 rings (SSSR count). The first-order chi connectivity index (χ1) is 16.2. The van der Waals surface area contributed by atoms with E-state index < -0.39 is 0 Å². The zero-order valence-electron chi connectivity index (χ0n) is 18.4. The lowest BCUT2D eigenvalue weighted by Crippen LogP contribution is -2.31. The summed E-state index contributed by atoms with van der Waals surface area (Å²) in [4.78, 5) is 21.8. The number of benzene rings is 2. The summed E-state index contributed by atoms with van der Waals surface area (Å²) in [6.45, 7) is 2.61. The predicted molar refractivity (Wildman–Crippen MR) is 121 cm³/mol. The van der Waals surface area contributed by atoms with Gasteiger partial charge in [-0.05, 0) is 56.2 Å². The lowest BCUT2D eigenvalue weighted by Gasteiger charge is -2.23. The number of hydrogen-bond acceptors (Lipinski definition) is 6. The molecule has 2 fully saturated rings. The molecule has 1 aliphatic heterocycles. The smallest absolute Gasteiger partial charge is 0.256 e. The Morgan fingerprint density at radius 1 is 1.06 bits per heavy atom. The standard InChI is InChI=1S/C25H24N6O2/c1-16-8-11-21(31-26-12-13-27-31)20(15-16)25(32)30-14-4-7-22(30)24-28-23(29-33-24)19-6-3-2-5-18(19)17-9-10-17/h2-3,5-6,8,11-13,15,17,22H,4,7,9-10,14H2,1H3. The first kappa shape index (κ1) is 19.8. The molecule has 1 aliphatic carbocycles. The molecular weight excluding hydrogens is 416 g/mol. The fourth-order valence-electron chi connectivity index (χ4n) is 4.69. The third kappa shape index (κ3) is 3.61. The molecule has 4 aromatic rings. The maximum atomic E-state index is 13.7. The van der Waals surface area contributed by atoms with Crippen LogP contribution in [0.3, 0.4) is 0 Å². The molecule has 2 aromatic heterocycles. The van der Waals surface area contributed by atoms with Crippen LogP contribution in [0.5, 0.6) is 0 Å². The van der Waals surface area contributed by atoms with E-state index >= 15 is 0 Å². The van der Waals surface area contributed by atoms with Crippen LogP contribution in [0.15, 0.2) is 59.4 Å². The molecule has 1 saturated heterocycles. The molecule has 1 amide bonds. The molecule has 1 atom stereocenters. The summed E-state index contributed by atoms with van der Waals surface area (Å²) >= 11 is 0. The summed E-state index contributed by atoms with van der Waals surface area (Å²) in [5.74, 6) is 1.60. The number of hydrogen-bond donors (Lipinski definition) is 0. The van der Waals surface area contributed by atoms with Crippen molar-refractivity contribution in [1.82, 2.24) is 30.0 Å². The van der Waals surface area contributed by atoms with Gasteiger partial charge in [-0.25, -0.2) is 0 Å². The van der Waals surface area contributed by atoms with Gasteiger partial charge in [-0.15, -0.1) is 0 Å². The van der Waals surface area contributed by atoms with E-state index in [2.05, 4.69) is 33.6 Å². The van der Waals surface area contributed by atoms with Crippen molar-refractivity contribution in [1.29, 1.82) is 0 Å². The predicted octanol–water partition coefficient (Wildman–Crippen LogP) is 4.48. The van der Waals surface area contributed by atoms with E-state index in [4.69, 9.17) is 9.51 Å². The van der Waals surface area contributed by atoms with E-state index in [9.17, 15) is 4.79 Å². The van der Waals surface area contributed by atoms with Gasteiger partial charge in [0.15, 0.2) is 0 Å². The normalized spacial score (nSPS) is 18.1. The van der Waals surface area contributed by atoms with Crippen molar-refractivity contribution in [2.45, 2.75) is 44.6 Å². The number of amides is 1. The second-order valence-electron chi connectivity index (χ2n) is 8.81. The Morgan fingerprint density at radius 3 is 2.70 bits per heavy atom. The fourth-order valence-corrected chi connectivity index (χ4v) is 4.69. The van der Waals surface area contributed by atoms with E-state index in [1.165, 1.54) is 23.2 Å². The second kappa shape index (κ2) is 7.95. The number of aromatic nitrogens is 5. The summed E-state index contributed by atoms with van der Waals surface area (Å²) in [6, 6.07) is 13.8. The zero-order valence-corrected chi connectivity index (χ0v) is 18.4. The van der Waals surface area contributed by atoms with Gasteiger partial charge >= 0.3 is 0 Å². The average Bonchev–Trinajstić information content (AvgIpc) is 3.25. The number of aryl methyl sites for hydroxylation is 1. The summed E-state index contributed by atoms with van der Waals surface area (Å²) in [5.41, 5.74) is 4.53. The average molecular weight is 441 g/mol. The molecule has 2 aliphatic rings. The Balaban J connectivity index is 1.32. The van der Waals surface area contributed by atoms with E-state index in [1.54, 1.807) is 12.4 Å². The lowest BCUT2D eigenvalue weighted by atomic mass is 10.0. The molecule has 3 heterocycles. The number of nitrogens with zero attached hydrogens (tertiary/aromatic N) is 6. The van der Waals surface area contributed by atoms with E-state index in [-0.39, 0.29) is 11.9 Å². The first-order valence-electron chi connectivity index (χ1n) is 11.4. The van der Waals surface area contributed by atoms with Crippen LogP contribution in [-0.2, 0) is 0 Å². The summed E-state index contributed by atoms with van der Waals surface area (Å²) in [6.07, 6.45) is 7.29. The third-order valence-electron chi connectivity index (χ3n) is 6.48. The van der Waals surface area contributed by atoms with E-state index in [1.807, 2.05) is 36.1 Å². The molecule has 8 nitrogen and oxygen atoms in total. The SMILES string of the molecule is Cc1ccc(-n2nccn2)c(C(=O)N2CCCC2c2nc(-c3ccccc3C3CC3)no2)c1. The highest BCUT2D eigenvalue weighted by Crippen LogP contribution is 2.44. The maximum Gasteiger partial charge on any atom is 0.256 e. The maximum absolute atomic E-state index is 13.7. The molecule has 0 spiro atoms. The summed E-state index contributed by atoms with van der Waals surface area (Å²) in [7, 11) is 0. The van der Waals surface area contributed by atoms with Crippen molar-refractivity contribution in [2.24, 2.45) is 0 Å². The number of carbonyl (C=O) groups excluding carboxylic acids is 1. The van der Waals surface area contributed by atoms with Gasteiger partial charge in [0.1, 0.15) is 6.04 Å². The minimum absolute atomic E-state index is 0.0772. The molecule has 0 radical (unpaired) electrons. The van der Waals surface area contributed by atoms with Crippen molar-refractivity contribution in [3.05, 3.63) is 77.4 Å². The van der Waals surface area contributed by atoms with Crippen molar-refractivity contribution in [3.63, 3.8) is 0 Å². The van der Waals surface area contributed by atoms with Gasteiger partial charge in [-0.3, -0.25) is 4.79 Å². The van der Waals surface area contributed by atoms with E-state index in [0.29, 0.717) is 35.4 Å². The molecule has 33 heavy (non-hydrogen) atoms. The van der Waals surface area contributed by atoms with Gasteiger partial charge in [0.25, 0.3) is 5.91 Å². The minimum Gasteiger partial charge on any atom is -0.337 e. The highest BCUT2D eigenvalue weighted by Gasteiger charge is 2.36. The molecule has 0 bridgehead atoms. The van der Waals surface area contributed by atoms with Crippen LogP contribution >= 0.6 is 0 Å². The Morgan fingerprint density at radius 2 is 1.88 bits per heavy atom. The van der Waals surface area contributed by atoms with Crippen LogP contribution in [0.1, 0.15) is 65.0 Å². The van der Waals surface area contributed by atoms with Gasteiger partial charge in [0, 0.05) is 12.1 Å². The number of rotatable bonds is 5.